The molecule has 0 unspecified atom stereocenters. The lowest BCUT2D eigenvalue weighted by molar-refractivity contribution is -0.146. The highest BCUT2D eigenvalue weighted by Gasteiger charge is 2.20. The van der Waals surface area contributed by atoms with E-state index in [9.17, 15) is 9.36 Å². The molecule has 1 aromatic carbocycles. The molecule has 7 heteroatoms. The number of ether oxygens (including phenoxy) is 1. The molecule has 0 saturated carbocycles. The van der Waals surface area contributed by atoms with E-state index >= 15 is 0 Å². The Hall–Kier alpha value is -1.20. The lowest BCUT2D eigenvalue weighted by Gasteiger charge is -2.11. The number of nitrogens with two attached hydrogens (primary N) is 1. The van der Waals surface area contributed by atoms with E-state index in [1.165, 1.54) is 0 Å². The molecule has 0 fully saturated rings. The minimum atomic E-state index is -4.12. The molecule has 6 nitrogen and oxygen atoms in total. The predicted molar refractivity (Wildman–Crippen MR) is 65.7 cm³/mol. The number of carbonyl (C=O) groups is 1. The molecule has 0 saturated heterocycles. The largest absolute Gasteiger partial charge is 0.460 e. The van der Waals surface area contributed by atoms with E-state index < -0.39 is 25.8 Å². The van der Waals surface area contributed by atoms with Crippen LogP contribution in [-0.2, 0) is 20.7 Å². The number of rotatable bonds is 6. The van der Waals surface area contributed by atoms with Gasteiger partial charge in [0.2, 0.25) is 0 Å². The second-order valence-electron chi connectivity index (χ2n) is 3.88. The highest BCUT2D eigenvalue weighted by Crippen LogP contribution is 2.35. The first-order chi connectivity index (χ1) is 8.38. The Bertz CT molecular complexity index is 430. The van der Waals surface area contributed by atoms with Gasteiger partial charge in [-0.1, -0.05) is 30.3 Å². The van der Waals surface area contributed by atoms with E-state index in [0.29, 0.717) is 0 Å². The molecule has 100 valence electrons. The third-order valence-electron chi connectivity index (χ3n) is 2.26. The van der Waals surface area contributed by atoms with Gasteiger partial charge in [-0.05, 0) is 12.0 Å². The van der Waals surface area contributed by atoms with Crippen molar-refractivity contribution in [2.24, 2.45) is 5.73 Å². The van der Waals surface area contributed by atoms with Crippen LogP contribution in [0.2, 0.25) is 0 Å². The number of esters is 1. The molecule has 0 bridgehead atoms. The average molecular weight is 273 g/mol. The van der Waals surface area contributed by atoms with Crippen LogP contribution in [-0.4, -0.2) is 28.0 Å². The molecule has 1 aromatic rings. The van der Waals surface area contributed by atoms with Crippen molar-refractivity contribution in [3.63, 3.8) is 0 Å². The molecule has 18 heavy (non-hydrogen) atoms. The second-order valence-corrected chi connectivity index (χ2v) is 5.65. The summed E-state index contributed by atoms with van der Waals surface area (Å²) >= 11 is 0. The molecular weight excluding hydrogens is 257 g/mol. The van der Waals surface area contributed by atoms with Crippen molar-refractivity contribution >= 4 is 13.6 Å². The van der Waals surface area contributed by atoms with Crippen molar-refractivity contribution < 1.29 is 23.9 Å². The smallest absolute Gasteiger partial charge is 0.325 e. The fourth-order valence-corrected chi connectivity index (χ4v) is 1.88. The minimum Gasteiger partial charge on any atom is -0.460 e. The Balaban J connectivity index is 2.34. The zero-order valence-electron chi connectivity index (χ0n) is 9.73. The fraction of sp³-hybridized carbons (Fsp3) is 0.364. The molecule has 0 amide bonds. The number of carbonyl (C=O) groups excluding carboxylic acids is 1. The van der Waals surface area contributed by atoms with Crippen LogP contribution in [0.1, 0.15) is 12.0 Å². The molecule has 4 N–H and O–H groups in total. The van der Waals surface area contributed by atoms with E-state index in [0.717, 1.165) is 5.56 Å². The van der Waals surface area contributed by atoms with Crippen LogP contribution in [0.4, 0.5) is 0 Å². The molecule has 1 rings (SSSR count). The Morgan fingerprint density at radius 3 is 2.50 bits per heavy atom. The van der Waals surface area contributed by atoms with Crippen molar-refractivity contribution in [2.45, 2.75) is 19.1 Å². The highest BCUT2D eigenvalue weighted by molar-refractivity contribution is 7.51. The maximum Gasteiger partial charge on any atom is 0.325 e. The van der Waals surface area contributed by atoms with Gasteiger partial charge in [-0.25, -0.2) is 0 Å². The number of hydrogen-bond donors (Lipinski definition) is 3. The maximum absolute atomic E-state index is 11.4. The van der Waals surface area contributed by atoms with E-state index in [4.69, 9.17) is 20.3 Å². The first-order valence-electron chi connectivity index (χ1n) is 5.39. The maximum atomic E-state index is 11.4. The van der Waals surface area contributed by atoms with Crippen LogP contribution in [0.3, 0.4) is 0 Å². The van der Waals surface area contributed by atoms with E-state index in [1.54, 1.807) is 12.1 Å². The minimum absolute atomic E-state index is 0.0993. The van der Waals surface area contributed by atoms with Crippen LogP contribution in [0.25, 0.3) is 0 Å². The van der Waals surface area contributed by atoms with E-state index in [1.807, 2.05) is 18.2 Å². The third-order valence-corrected chi connectivity index (χ3v) is 3.10. The topological polar surface area (TPSA) is 110 Å². The summed E-state index contributed by atoms with van der Waals surface area (Å²) in [5.74, 6) is -0.660. The van der Waals surface area contributed by atoms with E-state index in [-0.39, 0.29) is 13.0 Å². The van der Waals surface area contributed by atoms with Crippen molar-refractivity contribution in [1.29, 1.82) is 0 Å². The van der Waals surface area contributed by atoms with Gasteiger partial charge in [0.05, 0.1) is 6.16 Å². The van der Waals surface area contributed by atoms with Gasteiger partial charge >= 0.3 is 13.6 Å². The predicted octanol–water partition coefficient (Wildman–Crippen LogP) is 0.625. The lowest BCUT2D eigenvalue weighted by atomic mass is 10.2. The monoisotopic (exact) mass is 273 g/mol. The summed E-state index contributed by atoms with van der Waals surface area (Å²) in [7, 11) is -4.12. The molecule has 0 radical (unpaired) electrons. The summed E-state index contributed by atoms with van der Waals surface area (Å²) in [5, 5.41) is 0. The molecule has 0 aliphatic carbocycles. The lowest BCUT2D eigenvalue weighted by Crippen LogP contribution is -2.33. The summed E-state index contributed by atoms with van der Waals surface area (Å²) in [6.07, 6.45) is -0.521. The van der Waals surface area contributed by atoms with Crippen LogP contribution >= 0.6 is 7.60 Å². The average Bonchev–Trinajstić information content (AvgIpc) is 2.33. The van der Waals surface area contributed by atoms with Crippen molar-refractivity contribution in [3.05, 3.63) is 35.9 Å². The summed E-state index contributed by atoms with van der Waals surface area (Å²) < 4.78 is 15.6. The molecule has 0 aromatic heterocycles. The zero-order valence-corrected chi connectivity index (χ0v) is 10.6. The van der Waals surface area contributed by atoms with Gasteiger partial charge in [0.1, 0.15) is 12.6 Å². The van der Waals surface area contributed by atoms with Gasteiger partial charge < -0.3 is 20.3 Å². The quantitative estimate of drug-likeness (QED) is 0.518. The Labute approximate surface area is 105 Å². The van der Waals surface area contributed by atoms with Crippen LogP contribution in [0, 0.1) is 0 Å². The summed E-state index contributed by atoms with van der Waals surface area (Å²) in [6, 6.07) is 8.06. The molecule has 0 aliphatic rings. The first-order valence-corrected chi connectivity index (χ1v) is 7.19. The van der Waals surface area contributed by atoms with Gasteiger partial charge in [-0.15, -0.1) is 0 Å². The number of hydrogen-bond acceptors (Lipinski definition) is 4. The van der Waals surface area contributed by atoms with Gasteiger partial charge in [0.15, 0.2) is 0 Å². The SMILES string of the molecule is N[C@@H](CCP(=O)(O)O)C(=O)OCc1ccccc1. The number of benzene rings is 1. The van der Waals surface area contributed by atoms with Crippen LogP contribution < -0.4 is 5.73 Å². The van der Waals surface area contributed by atoms with Gasteiger partial charge in [-0.2, -0.15) is 0 Å². The summed E-state index contributed by atoms with van der Waals surface area (Å²) in [4.78, 5) is 28.8. The Kier molecular flexibility index (Phi) is 5.50. The first kappa shape index (κ1) is 14.9. The molecule has 0 heterocycles. The molecule has 1 atom stereocenters. The van der Waals surface area contributed by atoms with Crippen LogP contribution in [0.5, 0.6) is 0 Å². The normalized spacial score (nSPS) is 13.1. The summed E-state index contributed by atoms with van der Waals surface area (Å²) in [5.41, 5.74) is 6.30. The summed E-state index contributed by atoms with van der Waals surface area (Å²) in [6.45, 7) is 0.100. The molecule has 0 spiro atoms. The van der Waals surface area contributed by atoms with E-state index in [2.05, 4.69) is 0 Å². The second kappa shape index (κ2) is 6.66. The zero-order chi connectivity index (χ0) is 13.6. The van der Waals surface area contributed by atoms with Crippen molar-refractivity contribution in [3.8, 4) is 0 Å². The van der Waals surface area contributed by atoms with Gasteiger partial charge in [0, 0.05) is 0 Å². The van der Waals surface area contributed by atoms with Gasteiger partial charge in [-0.3, -0.25) is 9.36 Å². The standard InChI is InChI=1S/C11H16NO5P/c12-10(6-7-18(14,15)16)11(13)17-8-9-4-2-1-3-5-9/h1-5,10H,6-8,12H2,(H2,14,15,16)/t10-/m0/s1. The highest BCUT2D eigenvalue weighted by atomic mass is 31.2. The van der Waals surface area contributed by atoms with Crippen molar-refractivity contribution in [2.75, 3.05) is 6.16 Å². The third kappa shape index (κ3) is 5.93. The van der Waals surface area contributed by atoms with Crippen LogP contribution in [0.15, 0.2) is 30.3 Å². The molecule has 0 aliphatic heterocycles. The fourth-order valence-electron chi connectivity index (χ4n) is 1.26. The van der Waals surface area contributed by atoms with Crippen molar-refractivity contribution in [1.82, 2.24) is 0 Å². The Morgan fingerprint density at radius 2 is 1.94 bits per heavy atom. The van der Waals surface area contributed by atoms with Gasteiger partial charge in [0.25, 0.3) is 0 Å². The Morgan fingerprint density at radius 1 is 1.33 bits per heavy atom. The molecular formula is C11H16NO5P.